The summed E-state index contributed by atoms with van der Waals surface area (Å²) in [4.78, 5) is 14.4. The molecule has 27 heavy (non-hydrogen) atoms. The molecule has 6 heteroatoms. The van der Waals surface area contributed by atoms with Crippen LogP contribution in [0.25, 0.3) is 0 Å². The van der Waals surface area contributed by atoms with Crippen LogP contribution < -0.4 is 9.62 Å². The Bertz CT molecular complexity index is 937. The third-order valence-corrected chi connectivity index (χ3v) is 6.46. The van der Waals surface area contributed by atoms with Crippen LogP contribution in [0.4, 0.5) is 11.4 Å². The molecule has 2 aliphatic rings. The SMILES string of the molecule is O=C(C1CC1)N1CCCc2ccc(NS(=O)(=O)CCc3ccccc3)cc21. The molecule has 0 saturated heterocycles. The summed E-state index contributed by atoms with van der Waals surface area (Å²) in [5.74, 6) is 0.362. The number of sulfonamides is 1. The Morgan fingerprint density at radius 3 is 2.63 bits per heavy atom. The minimum atomic E-state index is -3.45. The van der Waals surface area contributed by atoms with Gasteiger partial charge in [0.1, 0.15) is 0 Å². The van der Waals surface area contributed by atoms with E-state index in [1.54, 1.807) is 6.07 Å². The predicted octanol–water partition coefficient (Wildman–Crippen LogP) is 3.36. The smallest absolute Gasteiger partial charge is 0.233 e. The van der Waals surface area contributed by atoms with E-state index in [-0.39, 0.29) is 17.6 Å². The highest BCUT2D eigenvalue weighted by Crippen LogP contribution is 2.37. The molecule has 0 aromatic heterocycles. The maximum atomic E-state index is 12.6. The maximum Gasteiger partial charge on any atom is 0.233 e. The lowest BCUT2D eigenvalue weighted by molar-refractivity contribution is -0.119. The van der Waals surface area contributed by atoms with E-state index in [4.69, 9.17) is 0 Å². The van der Waals surface area contributed by atoms with Crippen LogP contribution in [-0.4, -0.2) is 26.6 Å². The van der Waals surface area contributed by atoms with Crippen molar-refractivity contribution in [1.82, 2.24) is 0 Å². The van der Waals surface area contributed by atoms with E-state index in [0.717, 1.165) is 42.5 Å². The van der Waals surface area contributed by atoms with Crippen LogP contribution in [0.2, 0.25) is 0 Å². The van der Waals surface area contributed by atoms with Crippen molar-refractivity contribution in [3.05, 3.63) is 59.7 Å². The summed E-state index contributed by atoms with van der Waals surface area (Å²) in [6.45, 7) is 0.715. The summed E-state index contributed by atoms with van der Waals surface area (Å²) in [7, 11) is -3.45. The van der Waals surface area contributed by atoms with Gasteiger partial charge in [-0.15, -0.1) is 0 Å². The predicted molar refractivity (Wildman–Crippen MR) is 107 cm³/mol. The fourth-order valence-electron chi connectivity index (χ4n) is 3.55. The standard InChI is InChI=1S/C21H24N2O3S/c24-21(18-8-9-18)23-13-4-7-17-10-11-19(15-20(17)23)22-27(25,26)14-12-16-5-2-1-3-6-16/h1-3,5-6,10-11,15,18,22H,4,7-9,12-14H2. The molecule has 0 spiro atoms. The summed E-state index contributed by atoms with van der Waals surface area (Å²) >= 11 is 0. The van der Waals surface area contributed by atoms with Crippen LogP contribution in [0, 0.1) is 5.92 Å². The molecule has 0 bridgehead atoms. The van der Waals surface area contributed by atoms with Gasteiger partial charge in [0.05, 0.1) is 11.4 Å². The molecule has 5 nitrogen and oxygen atoms in total. The third kappa shape index (κ3) is 4.33. The highest BCUT2D eigenvalue weighted by atomic mass is 32.2. The highest BCUT2D eigenvalue weighted by Gasteiger charge is 2.35. The first-order valence-electron chi connectivity index (χ1n) is 9.50. The van der Waals surface area contributed by atoms with Gasteiger partial charge in [0.25, 0.3) is 0 Å². The van der Waals surface area contributed by atoms with Gasteiger partial charge in [-0.05, 0) is 55.4 Å². The number of rotatable bonds is 6. The van der Waals surface area contributed by atoms with Crippen molar-refractivity contribution >= 4 is 27.3 Å². The summed E-state index contributed by atoms with van der Waals surface area (Å²) in [5.41, 5.74) is 3.50. The number of carbonyl (C=O) groups is 1. The number of fused-ring (bicyclic) bond motifs is 1. The average Bonchev–Trinajstić information content (AvgIpc) is 3.51. The summed E-state index contributed by atoms with van der Waals surface area (Å²) < 4.78 is 27.6. The summed E-state index contributed by atoms with van der Waals surface area (Å²) in [6.07, 6.45) is 4.28. The van der Waals surface area contributed by atoms with Gasteiger partial charge in [0, 0.05) is 18.2 Å². The van der Waals surface area contributed by atoms with Gasteiger partial charge in [-0.25, -0.2) is 8.42 Å². The molecule has 2 aromatic rings. The Labute approximate surface area is 160 Å². The molecule has 142 valence electrons. The van der Waals surface area contributed by atoms with Crippen molar-refractivity contribution in [3.8, 4) is 0 Å². The number of anilines is 2. The molecule has 1 aliphatic carbocycles. The molecule has 1 amide bonds. The Kier molecular flexibility index (Phi) is 4.91. The molecule has 2 aromatic carbocycles. The van der Waals surface area contributed by atoms with Crippen molar-refractivity contribution in [2.75, 3.05) is 21.9 Å². The van der Waals surface area contributed by atoms with E-state index in [1.165, 1.54) is 0 Å². The highest BCUT2D eigenvalue weighted by molar-refractivity contribution is 7.92. The van der Waals surface area contributed by atoms with Gasteiger partial charge in [-0.2, -0.15) is 0 Å². The van der Waals surface area contributed by atoms with E-state index in [1.807, 2.05) is 47.4 Å². The first kappa shape index (κ1) is 18.0. The number of nitrogens with one attached hydrogen (secondary N) is 1. The van der Waals surface area contributed by atoms with Crippen molar-refractivity contribution in [2.24, 2.45) is 5.92 Å². The second kappa shape index (κ2) is 7.35. The van der Waals surface area contributed by atoms with Crippen LogP contribution >= 0.6 is 0 Å². The van der Waals surface area contributed by atoms with Crippen LogP contribution in [-0.2, 0) is 27.7 Å². The number of hydrogen-bond acceptors (Lipinski definition) is 3. The third-order valence-electron chi connectivity index (χ3n) is 5.17. The lowest BCUT2D eigenvalue weighted by Crippen LogP contribution is -2.36. The van der Waals surface area contributed by atoms with Gasteiger partial charge < -0.3 is 4.90 Å². The molecule has 0 atom stereocenters. The average molecular weight is 385 g/mol. The zero-order valence-electron chi connectivity index (χ0n) is 15.2. The van der Waals surface area contributed by atoms with E-state index in [9.17, 15) is 13.2 Å². The second-order valence-electron chi connectivity index (χ2n) is 7.37. The number of aryl methyl sites for hydroxylation is 2. The Morgan fingerprint density at radius 1 is 1.11 bits per heavy atom. The van der Waals surface area contributed by atoms with Gasteiger partial charge in [-0.1, -0.05) is 36.4 Å². The van der Waals surface area contributed by atoms with E-state index in [0.29, 0.717) is 18.7 Å². The first-order valence-corrected chi connectivity index (χ1v) is 11.2. The molecule has 1 saturated carbocycles. The molecule has 1 N–H and O–H groups in total. The number of hydrogen-bond donors (Lipinski definition) is 1. The van der Waals surface area contributed by atoms with Crippen molar-refractivity contribution in [3.63, 3.8) is 0 Å². The first-order chi connectivity index (χ1) is 13.0. The van der Waals surface area contributed by atoms with E-state index < -0.39 is 10.0 Å². The minimum absolute atomic E-state index is 0.0266. The molecular formula is C21H24N2O3S. The van der Waals surface area contributed by atoms with Crippen molar-refractivity contribution < 1.29 is 13.2 Å². The quantitative estimate of drug-likeness (QED) is 0.830. The van der Waals surface area contributed by atoms with E-state index >= 15 is 0 Å². The molecule has 1 heterocycles. The number of benzene rings is 2. The normalized spacial score (nSPS) is 16.7. The lowest BCUT2D eigenvalue weighted by atomic mass is 10.0. The van der Waals surface area contributed by atoms with Gasteiger partial charge >= 0.3 is 0 Å². The summed E-state index contributed by atoms with van der Waals surface area (Å²) in [5, 5.41) is 0. The monoisotopic (exact) mass is 384 g/mol. The van der Waals surface area contributed by atoms with Crippen LogP contribution in [0.15, 0.2) is 48.5 Å². The Hall–Kier alpha value is -2.34. The molecule has 1 aliphatic heterocycles. The van der Waals surface area contributed by atoms with Gasteiger partial charge in [0.15, 0.2) is 0 Å². The molecule has 4 rings (SSSR count). The van der Waals surface area contributed by atoms with Crippen LogP contribution in [0.5, 0.6) is 0 Å². The molecule has 0 radical (unpaired) electrons. The number of carbonyl (C=O) groups excluding carboxylic acids is 1. The number of amides is 1. The van der Waals surface area contributed by atoms with Gasteiger partial charge in [-0.3, -0.25) is 9.52 Å². The Morgan fingerprint density at radius 2 is 1.89 bits per heavy atom. The maximum absolute atomic E-state index is 12.6. The van der Waals surface area contributed by atoms with E-state index in [2.05, 4.69) is 4.72 Å². The lowest BCUT2D eigenvalue weighted by Gasteiger charge is -2.30. The number of nitrogens with zero attached hydrogens (tertiary/aromatic N) is 1. The second-order valence-corrected chi connectivity index (χ2v) is 9.21. The molecule has 1 fully saturated rings. The van der Waals surface area contributed by atoms with Crippen LogP contribution in [0.3, 0.4) is 0 Å². The fraction of sp³-hybridized carbons (Fsp3) is 0.381. The van der Waals surface area contributed by atoms with Crippen molar-refractivity contribution in [2.45, 2.75) is 32.1 Å². The largest absolute Gasteiger partial charge is 0.312 e. The van der Waals surface area contributed by atoms with Crippen molar-refractivity contribution in [1.29, 1.82) is 0 Å². The molecular weight excluding hydrogens is 360 g/mol. The van der Waals surface area contributed by atoms with Gasteiger partial charge in [0.2, 0.25) is 15.9 Å². The zero-order valence-corrected chi connectivity index (χ0v) is 16.0. The summed E-state index contributed by atoms with van der Waals surface area (Å²) in [6, 6.07) is 15.1. The minimum Gasteiger partial charge on any atom is -0.312 e. The topological polar surface area (TPSA) is 66.5 Å². The Balaban J connectivity index is 1.49. The fourth-order valence-corrected chi connectivity index (χ4v) is 4.64. The van der Waals surface area contributed by atoms with Crippen LogP contribution in [0.1, 0.15) is 30.4 Å². The molecule has 0 unspecified atom stereocenters. The zero-order chi connectivity index (χ0) is 18.9.